The molecule has 12 heteroatoms. The van der Waals surface area contributed by atoms with Crippen LogP contribution in [0.25, 0.3) is 11.4 Å². The summed E-state index contributed by atoms with van der Waals surface area (Å²) in [5, 5.41) is 8.70. The van der Waals surface area contributed by atoms with Crippen LogP contribution in [0.1, 0.15) is 12.8 Å². The van der Waals surface area contributed by atoms with E-state index in [1.807, 2.05) is 18.2 Å². The van der Waals surface area contributed by atoms with Gasteiger partial charge in [-0.2, -0.15) is 0 Å². The number of hydrogen-bond donors (Lipinski definition) is 3. The summed E-state index contributed by atoms with van der Waals surface area (Å²) in [7, 11) is -3.11. The van der Waals surface area contributed by atoms with Gasteiger partial charge < -0.3 is 25.6 Å². The van der Waals surface area contributed by atoms with E-state index in [4.69, 9.17) is 9.72 Å². The van der Waals surface area contributed by atoms with E-state index in [9.17, 15) is 13.2 Å². The van der Waals surface area contributed by atoms with Crippen molar-refractivity contribution in [1.82, 2.24) is 15.0 Å². The summed E-state index contributed by atoms with van der Waals surface area (Å²) < 4.78 is 28.9. The second kappa shape index (κ2) is 10.7. The zero-order valence-electron chi connectivity index (χ0n) is 20.4. The smallest absolute Gasteiger partial charge is 0.323 e. The Kier molecular flexibility index (Phi) is 7.19. The Hall–Kier alpha value is -3.77. The first kappa shape index (κ1) is 24.9. The van der Waals surface area contributed by atoms with Crippen molar-refractivity contribution in [3.05, 3.63) is 54.9 Å². The molecule has 2 aliphatic rings. The number of benzene rings is 1. The van der Waals surface area contributed by atoms with Crippen LogP contribution >= 0.6 is 0 Å². The number of aromatic nitrogens is 3. The van der Waals surface area contributed by atoms with Crippen LogP contribution in [-0.2, 0) is 14.6 Å². The first-order valence-electron chi connectivity index (χ1n) is 12.1. The van der Waals surface area contributed by atoms with Gasteiger partial charge in [-0.25, -0.2) is 23.2 Å². The number of nitrogens with zero attached hydrogens (tertiary/aromatic N) is 4. The minimum absolute atomic E-state index is 0.00635. The van der Waals surface area contributed by atoms with Crippen molar-refractivity contribution in [2.24, 2.45) is 0 Å². The topological polar surface area (TPSA) is 138 Å². The molecule has 0 radical (unpaired) electrons. The van der Waals surface area contributed by atoms with Gasteiger partial charge in [0.2, 0.25) is 0 Å². The highest BCUT2D eigenvalue weighted by Crippen LogP contribution is 2.34. The van der Waals surface area contributed by atoms with Gasteiger partial charge in [0.25, 0.3) is 0 Å². The lowest BCUT2D eigenvalue weighted by Gasteiger charge is -2.35. The summed E-state index contributed by atoms with van der Waals surface area (Å²) in [6.45, 7) is 1.57. The number of pyridine rings is 1. The lowest BCUT2D eigenvalue weighted by atomic mass is 10.2. The molecule has 2 fully saturated rings. The van der Waals surface area contributed by atoms with Crippen molar-refractivity contribution in [2.45, 2.75) is 24.9 Å². The molecule has 11 nitrogen and oxygen atoms in total. The van der Waals surface area contributed by atoms with Gasteiger partial charge in [0.1, 0.15) is 21.5 Å². The van der Waals surface area contributed by atoms with Gasteiger partial charge in [-0.3, -0.25) is 4.98 Å². The van der Waals surface area contributed by atoms with E-state index in [0.717, 1.165) is 24.2 Å². The molecular formula is C25H29N7O4S. The Labute approximate surface area is 215 Å². The number of ether oxygens (including phenoxy) is 1. The fraction of sp³-hybridized carbons (Fsp3) is 0.360. The number of morpholine rings is 1. The molecular weight excluding hydrogens is 494 g/mol. The number of nitrogens with one attached hydrogen (secondary N) is 3. The molecule has 194 valence electrons. The van der Waals surface area contributed by atoms with Crippen molar-refractivity contribution in [3.8, 4) is 11.4 Å². The number of amides is 2. The van der Waals surface area contributed by atoms with Crippen molar-refractivity contribution in [1.29, 1.82) is 0 Å². The van der Waals surface area contributed by atoms with Gasteiger partial charge in [-0.1, -0.05) is 0 Å². The zero-order valence-corrected chi connectivity index (χ0v) is 21.2. The average molecular weight is 524 g/mol. The van der Waals surface area contributed by atoms with Crippen molar-refractivity contribution in [2.75, 3.05) is 52.6 Å². The second-order valence-corrected chi connectivity index (χ2v) is 11.5. The molecule has 2 bridgehead atoms. The number of urea groups is 1. The van der Waals surface area contributed by atoms with Crippen LogP contribution in [0, 0.1) is 0 Å². The van der Waals surface area contributed by atoms with E-state index in [-0.39, 0.29) is 30.4 Å². The molecule has 0 aliphatic carbocycles. The molecule has 4 heterocycles. The van der Waals surface area contributed by atoms with Crippen LogP contribution in [0.15, 0.2) is 54.9 Å². The van der Waals surface area contributed by atoms with Crippen molar-refractivity contribution >= 4 is 38.9 Å². The molecule has 3 N–H and O–H groups in total. The maximum atomic E-state index is 12.3. The zero-order chi connectivity index (χ0) is 25.8. The second-order valence-electron chi connectivity index (χ2n) is 9.21. The Balaban J connectivity index is 1.36. The predicted octanol–water partition coefficient (Wildman–Crippen LogP) is 3.01. The third-order valence-electron chi connectivity index (χ3n) is 6.34. The summed E-state index contributed by atoms with van der Waals surface area (Å²) in [5.41, 5.74) is 2.03. The summed E-state index contributed by atoms with van der Waals surface area (Å²) >= 11 is 0. The average Bonchev–Trinajstić information content (AvgIpc) is 3.12. The molecule has 37 heavy (non-hydrogen) atoms. The van der Waals surface area contributed by atoms with Crippen LogP contribution in [0.4, 0.5) is 27.8 Å². The number of fused-ring (bicyclic) bond motifs is 2. The number of carbonyl (C=O) groups is 1. The van der Waals surface area contributed by atoms with E-state index >= 15 is 0 Å². The number of sulfone groups is 1. The fourth-order valence-electron chi connectivity index (χ4n) is 4.58. The highest BCUT2D eigenvalue weighted by atomic mass is 32.2. The molecule has 0 saturated carbocycles. The van der Waals surface area contributed by atoms with Gasteiger partial charge in [-0.05, 0) is 49.2 Å². The largest absolute Gasteiger partial charge is 0.377 e. The van der Waals surface area contributed by atoms with Crippen LogP contribution in [0.2, 0.25) is 0 Å². The first-order valence-corrected chi connectivity index (χ1v) is 14.2. The number of hydrogen-bond acceptors (Lipinski definition) is 9. The standard InChI is InChI=1S/C25H29N7O4S/c1-37(34,35)13-12-27-22-14-23(32-20-6-7-21(32)16-36-15-20)31-24(30-22)17-2-4-18(5-3-17)28-25(33)29-19-8-10-26-11-9-19/h2-5,8-11,14,20-21H,6-7,12-13,15-16H2,1H3,(H,27,30,31)(H2,26,28,29,33). The number of anilines is 4. The molecule has 2 unspecified atom stereocenters. The lowest BCUT2D eigenvalue weighted by molar-refractivity contribution is 0.0902. The molecule has 2 saturated heterocycles. The van der Waals surface area contributed by atoms with Crippen LogP contribution < -0.4 is 20.9 Å². The molecule has 2 aromatic heterocycles. The van der Waals surface area contributed by atoms with E-state index in [2.05, 4.69) is 30.8 Å². The van der Waals surface area contributed by atoms with E-state index in [1.54, 1.807) is 36.7 Å². The number of rotatable bonds is 8. The van der Waals surface area contributed by atoms with Crippen molar-refractivity contribution in [3.63, 3.8) is 0 Å². The minimum atomic E-state index is -3.11. The molecule has 2 aliphatic heterocycles. The fourth-order valence-corrected chi connectivity index (χ4v) is 5.06. The van der Waals surface area contributed by atoms with Crippen LogP contribution in [-0.4, -0.2) is 73.3 Å². The maximum Gasteiger partial charge on any atom is 0.323 e. The normalized spacial score (nSPS) is 18.9. The summed E-state index contributed by atoms with van der Waals surface area (Å²) in [5.74, 6) is 1.87. The Morgan fingerprint density at radius 1 is 1.00 bits per heavy atom. The van der Waals surface area contributed by atoms with Gasteiger partial charge >= 0.3 is 6.03 Å². The summed E-state index contributed by atoms with van der Waals surface area (Å²) in [6, 6.07) is 12.7. The first-order chi connectivity index (χ1) is 17.8. The number of carbonyl (C=O) groups excluding carboxylic acids is 1. The lowest BCUT2D eigenvalue weighted by Crippen LogP contribution is -2.46. The predicted molar refractivity (Wildman–Crippen MR) is 143 cm³/mol. The third-order valence-corrected chi connectivity index (χ3v) is 7.28. The molecule has 3 aromatic rings. The SMILES string of the molecule is CS(=O)(=O)CCNc1cc(N2C3CCC2COC3)nc(-c2ccc(NC(=O)Nc3ccncc3)cc2)n1. The third kappa shape index (κ3) is 6.33. The van der Waals surface area contributed by atoms with E-state index in [0.29, 0.717) is 36.2 Å². The highest BCUT2D eigenvalue weighted by Gasteiger charge is 2.38. The Morgan fingerprint density at radius 2 is 1.65 bits per heavy atom. The van der Waals surface area contributed by atoms with E-state index in [1.165, 1.54) is 6.26 Å². The van der Waals surface area contributed by atoms with Crippen LogP contribution in [0.3, 0.4) is 0 Å². The maximum absolute atomic E-state index is 12.3. The van der Waals surface area contributed by atoms with Gasteiger partial charge in [-0.15, -0.1) is 0 Å². The van der Waals surface area contributed by atoms with E-state index < -0.39 is 9.84 Å². The summed E-state index contributed by atoms with van der Waals surface area (Å²) in [4.78, 5) is 28.1. The Bertz CT molecular complexity index is 1340. The van der Waals surface area contributed by atoms with Crippen LogP contribution in [0.5, 0.6) is 0 Å². The molecule has 1 aromatic carbocycles. The molecule has 2 atom stereocenters. The molecule has 0 spiro atoms. The molecule has 5 rings (SSSR count). The Morgan fingerprint density at radius 3 is 2.30 bits per heavy atom. The monoisotopic (exact) mass is 523 g/mol. The van der Waals surface area contributed by atoms with Crippen molar-refractivity contribution < 1.29 is 17.9 Å². The highest BCUT2D eigenvalue weighted by molar-refractivity contribution is 7.90. The quantitative estimate of drug-likeness (QED) is 0.407. The minimum Gasteiger partial charge on any atom is -0.377 e. The molecule has 2 amide bonds. The van der Waals surface area contributed by atoms with Gasteiger partial charge in [0, 0.05) is 48.2 Å². The van der Waals surface area contributed by atoms with Gasteiger partial charge in [0.15, 0.2) is 5.82 Å². The van der Waals surface area contributed by atoms with Gasteiger partial charge in [0.05, 0.1) is 31.1 Å². The summed E-state index contributed by atoms with van der Waals surface area (Å²) in [6.07, 6.45) is 6.51.